The fraction of sp³-hybridized carbons (Fsp3) is 0.143. The van der Waals surface area contributed by atoms with Crippen molar-refractivity contribution in [2.75, 3.05) is 11.9 Å². The maximum atomic E-state index is 11.6. The van der Waals surface area contributed by atoms with Crippen LogP contribution >= 0.6 is 22.9 Å². The normalized spacial score (nSPS) is 10.7. The molecule has 0 saturated carbocycles. The van der Waals surface area contributed by atoms with Crippen molar-refractivity contribution < 1.29 is 4.79 Å². The van der Waals surface area contributed by atoms with Crippen molar-refractivity contribution in [1.82, 2.24) is 5.43 Å². The second-order valence-electron chi connectivity index (χ2n) is 4.09. The molecule has 0 aliphatic rings. The number of nitrogens with zero attached hydrogens (tertiary/aromatic N) is 1. The average Bonchev–Trinajstić information content (AvgIpc) is 2.84. The molecule has 0 bridgehead atoms. The minimum atomic E-state index is -0.227. The predicted octanol–water partition coefficient (Wildman–Crippen LogP) is 3.27. The van der Waals surface area contributed by atoms with Crippen molar-refractivity contribution in [3.63, 3.8) is 0 Å². The number of aryl methyl sites for hydroxylation is 1. The number of para-hydroxylation sites is 1. The molecule has 0 spiro atoms. The van der Waals surface area contributed by atoms with Crippen LogP contribution in [0.5, 0.6) is 0 Å². The largest absolute Gasteiger partial charge is 0.375 e. The van der Waals surface area contributed by atoms with E-state index in [-0.39, 0.29) is 12.5 Å². The molecule has 0 fully saturated rings. The van der Waals surface area contributed by atoms with Gasteiger partial charge in [-0.2, -0.15) is 5.10 Å². The molecule has 1 aromatic carbocycles. The molecule has 4 nitrogen and oxygen atoms in total. The molecule has 1 aromatic heterocycles. The molecular formula is C14H14ClN3OS. The van der Waals surface area contributed by atoms with E-state index in [4.69, 9.17) is 11.6 Å². The Morgan fingerprint density at radius 1 is 1.40 bits per heavy atom. The van der Waals surface area contributed by atoms with Crippen molar-refractivity contribution in [2.45, 2.75) is 6.92 Å². The minimum absolute atomic E-state index is 0.116. The third kappa shape index (κ3) is 4.08. The standard InChI is InChI=1S/C14H14ClN3OS/c1-10-6-7-20-13(10)8-17-18-14(19)9-16-12-5-3-2-4-11(12)15/h2-8,16H,9H2,1H3,(H,18,19)/b17-8-. The third-order valence-corrected chi connectivity index (χ3v) is 3.87. The lowest BCUT2D eigenvalue weighted by Crippen LogP contribution is -2.25. The van der Waals surface area contributed by atoms with Gasteiger partial charge in [0.25, 0.3) is 5.91 Å². The summed E-state index contributed by atoms with van der Waals surface area (Å²) in [6.07, 6.45) is 1.65. The van der Waals surface area contributed by atoms with Gasteiger partial charge < -0.3 is 5.32 Å². The van der Waals surface area contributed by atoms with Crippen molar-refractivity contribution in [3.05, 3.63) is 51.2 Å². The second kappa shape index (κ2) is 7.07. The Hall–Kier alpha value is -1.85. The topological polar surface area (TPSA) is 53.5 Å². The van der Waals surface area contributed by atoms with Crippen molar-refractivity contribution in [3.8, 4) is 0 Å². The van der Waals surface area contributed by atoms with Crippen LogP contribution in [0.25, 0.3) is 0 Å². The quantitative estimate of drug-likeness (QED) is 0.658. The van der Waals surface area contributed by atoms with Gasteiger partial charge in [0, 0.05) is 4.88 Å². The van der Waals surface area contributed by atoms with Crippen LogP contribution in [-0.2, 0) is 4.79 Å². The number of carbonyl (C=O) groups is 1. The van der Waals surface area contributed by atoms with Crippen LogP contribution < -0.4 is 10.7 Å². The molecule has 0 saturated heterocycles. The molecule has 6 heteroatoms. The van der Waals surface area contributed by atoms with Crippen LogP contribution in [0.15, 0.2) is 40.8 Å². The van der Waals surface area contributed by atoms with Crippen LogP contribution in [0.4, 0.5) is 5.69 Å². The molecule has 104 valence electrons. The lowest BCUT2D eigenvalue weighted by atomic mass is 10.3. The molecule has 0 unspecified atom stereocenters. The maximum absolute atomic E-state index is 11.6. The fourth-order valence-electron chi connectivity index (χ4n) is 1.50. The first-order chi connectivity index (χ1) is 9.66. The van der Waals surface area contributed by atoms with Gasteiger partial charge in [0.1, 0.15) is 0 Å². The molecule has 1 amide bonds. The van der Waals surface area contributed by atoms with Gasteiger partial charge in [-0.1, -0.05) is 23.7 Å². The monoisotopic (exact) mass is 307 g/mol. The molecule has 1 heterocycles. The molecular weight excluding hydrogens is 294 g/mol. The number of anilines is 1. The predicted molar refractivity (Wildman–Crippen MR) is 84.7 cm³/mol. The summed E-state index contributed by atoms with van der Waals surface area (Å²) in [5.74, 6) is -0.227. The minimum Gasteiger partial charge on any atom is -0.375 e. The van der Waals surface area contributed by atoms with Gasteiger partial charge in [-0.15, -0.1) is 11.3 Å². The van der Waals surface area contributed by atoms with Gasteiger partial charge in [-0.05, 0) is 36.1 Å². The SMILES string of the molecule is Cc1ccsc1/C=N\NC(=O)CNc1ccccc1Cl. The zero-order valence-corrected chi connectivity index (χ0v) is 12.5. The maximum Gasteiger partial charge on any atom is 0.259 e. The molecule has 0 aliphatic heterocycles. The molecule has 2 rings (SSSR count). The highest BCUT2D eigenvalue weighted by atomic mass is 35.5. The molecule has 20 heavy (non-hydrogen) atoms. The molecule has 0 aliphatic carbocycles. The Morgan fingerprint density at radius 2 is 2.20 bits per heavy atom. The van der Waals surface area contributed by atoms with Crippen LogP contribution in [0, 0.1) is 6.92 Å². The van der Waals surface area contributed by atoms with Crippen molar-refractivity contribution >= 4 is 40.7 Å². The van der Waals surface area contributed by atoms with E-state index in [1.165, 1.54) is 0 Å². The number of amides is 1. The van der Waals surface area contributed by atoms with Gasteiger partial charge in [0.2, 0.25) is 0 Å². The zero-order valence-electron chi connectivity index (χ0n) is 10.9. The molecule has 0 atom stereocenters. The van der Waals surface area contributed by atoms with E-state index in [1.807, 2.05) is 36.6 Å². The van der Waals surface area contributed by atoms with Crippen LogP contribution in [-0.4, -0.2) is 18.7 Å². The Morgan fingerprint density at radius 3 is 2.90 bits per heavy atom. The zero-order chi connectivity index (χ0) is 14.4. The lowest BCUT2D eigenvalue weighted by Gasteiger charge is -2.06. The van der Waals surface area contributed by atoms with E-state index in [9.17, 15) is 4.79 Å². The average molecular weight is 308 g/mol. The van der Waals surface area contributed by atoms with E-state index in [0.717, 1.165) is 16.1 Å². The number of rotatable bonds is 5. The first-order valence-corrected chi connectivity index (χ1v) is 7.27. The number of benzene rings is 1. The first kappa shape index (κ1) is 14.6. The number of hydrogen-bond acceptors (Lipinski definition) is 4. The first-order valence-electron chi connectivity index (χ1n) is 6.01. The highest BCUT2D eigenvalue weighted by Gasteiger charge is 2.02. The summed E-state index contributed by atoms with van der Waals surface area (Å²) in [5.41, 5.74) is 4.33. The summed E-state index contributed by atoms with van der Waals surface area (Å²) in [7, 11) is 0. The number of thiophene rings is 1. The lowest BCUT2D eigenvalue weighted by molar-refractivity contribution is -0.119. The summed E-state index contributed by atoms with van der Waals surface area (Å²) in [6, 6.07) is 9.27. The Labute approximate surface area is 126 Å². The number of halogens is 1. The number of hydrazone groups is 1. The Balaban J connectivity index is 1.80. The van der Waals surface area contributed by atoms with Crippen LogP contribution in [0.1, 0.15) is 10.4 Å². The van der Waals surface area contributed by atoms with Gasteiger partial charge in [0.05, 0.1) is 23.5 Å². The van der Waals surface area contributed by atoms with E-state index in [2.05, 4.69) is 15.8 Å². The van der Waals surface area contributed by atoms with E-state index in [1.54, 1.807) is 23.6 Å². The van der Waals surface area contributed by atoms with E-state index < -0.39 is 0 Å². The third-order valence-electron chi connectivity index (χ3n) is 2.59. The second-order valence-corrected chi connectivity index (χ2v) is 5.45. The van der Waals surface area contributed by atoms with Crippen LogP contribution in [0.3, 0.4) is 0 Å². The summed E-state index contributed by atoms with van der Waals surface area (Å²) in [4.78, 5) is 12.6. The van der Waals surface area contributed by atoms with Gasteiger partial charge in [-0.25, -0.2) is 5.43 Å². The molecule has 2 N–H and O–H groups in total. The summed E-state index contributed by atoms with van der Waals surface area (Å²) >= 11 is 7.55. The Kier molecular flexibility index (Phi) is 5.15. The number of carbonyl (C=O) groups excluding carboxylic acids is 1. The van der Waals surface area contributed by atoms with Crippen molar-refractivity contribution in [2.24, 2.45) is 5.10 Å². The Bertz CT molecular complexity index is 624. The van der Waals surface area contributed by atoms with Gasteiger partial charge in [0.15, 0.2) is 0 Å². The molecule has 0 radical (unpaired) electrons. The summed E-state index contributed by atoms with van der Waals surface area (Å²) < 4.78 is 0. The van der Waals surface area contributed by atoms with Crippen LogP contribution in [0.2, 0.25) is 5.02 Å². The van der Waals surface area contributed by atoms with E-state index in [0.29, 0.717) is 5.02 Å². The smallest absolute Gasteiger partial charge is 0.259 e. The van der Waals surface area contributed by atoms with Gasteiger partial charge in [-0.3, -0.25) is 4.79 Å². The number of hydrogen-bond donors (Lipinski definition) is 2. The highest BCUT2D eigenvalue weighted by Crippen LogP contribution is 2.19. The highest BCUT2D eigenvalue weighted by molar-refractivity contribution is 7.11. The molecule has 2 aromatic rings. The summed E-state index contributed by atoms with van der Waals surface area (Å²) in [6.45, 7) is 2.11. The van der Waals surface area contributed by atoms with Crippen molar-refractivity contribution in [1.29, 1.82) is 0 Å². The summed E-state index contributed by atoms with van der Waals surface area (Å²) in [5, 5.41) is 9.44. The van der Waals surface area contributed by atoms with E-state index >= 15 is 0 Å². The fourth-order valence-corrected chi connectivity index (χ4v) is 2.49. The number of nitrogens with one attached hydrogen (secondary N) is 2. The van der Waals surface area contributed by atoms with Gasteiger partial charge >= 0.3 is 0 Å².